The molecule has 0 aliphatic rings. The highest BCUT2D eigenvalue weighted by molar-refractivity contribution is 5.92. The highest BCUT2D eigenvalue weighted by Gasteiger charge is 2.32. The minimum absolute atomic E-state index is 0.329. The molecule has 9 nitrogen and oxygen atoms in total. The van der Waals surface area contributed by atoms with Gasteiger partial charge in [-0.1, -0.05) is 18.2 Å². The summed E-state index contributed by atoms with van der Waals surface area (Å²) in [6, 6.07) is 3.46. The Labute approximate surface area is 183 Å². The van der Waals surface area contributed by atoms with Gasteiger partial charge < -0.3 is 25.0 Å². The molecular formula is C22H33N3O6. The van der Waals surface area contributed by atoms with Gasteiger partial charge in [0, 0.05) is 7.05 Å². The van der Waals surface area contributed by atoms with E-state index in [1.54, 1.807) is 26.8 Å². The highest BCUT2D eigenvalue weighted by Crippen LogP contribution is 2.23. The molecule has 0 saturated carbocycles. The van der Waals surface area contributed by atoms with E-state index in [4.69, 9.17) is 4.74 Å². The molecular weight excluding hydrogens is 402 g/mol. The van der Waals surface area contributed by atoms with Crippen LogP contribution in [0.15, 0.2) is 18.2 Å². The Hall–Kier alpha value is -3.10. The first-order valence-electron chi connectivity index (χ1n) is 9.94. The van der Waals surface area contributed by atoms with E-state index in [1.165, 1.54) is 26.0 Å². The maximum absolute atomic E-state index is 13.0. The summed E-state index contributed by atoms with van der Waals surface area (Å²) in [5, 5.41) is 4.98. The summed E-state index contributed by atoms with van der Waals surface area (Å²) in [6.45, 7) is 10.2. The second-order valence-electron chi connectivity index (χ2n) is 8.36. The molecule has 2 atom stereocenters. The Morgan fingerprint density at radius 2 is 1.71 bits per heavy atom. The molecule has 1 rings (SSSR count). The Morgan fingerprint density at radius 1 is 1.10 bits per heavy atom. The van der Waals surface area contributed by atoms with Gasteiger partial charge in [-0.25, -0.2) is 4.79 Å². The monoisotopic (exact) mass is 435 g/mol. The number of amides is 3. The third-order valence-electron chi connectivity index (χ3n) is 4.57. The molecule has 3 amide bonds. The number of ether oxygens (including phenoxy) is 2. The van der Waals surface area contributed by atoms with Crippen LogP contribution in [0.25, 0.3) is 0 Å². The molecule has 0 heterocycles. The van der Waals surface area contributed by atoms with Crippen molar-refractivity contribution in [2.24, 2.45) is 0 Å². The fourth-order valence-corrected chi connectivity index (χ4v) is 2.79. The van der Waals surface area contributed by atoms with Gasteiger partial charge in [-0.05, 0) is 58.2 Å². The third-order valence-corrected chi connectivity index (χ3v) is 4.57. The second-order valence-corrected chi connectivity index (χ2v) is 8.36. The summed E-state index contributed by atoms with van der Waals surface area (Å²) in [6.07, 6.45) is -0.736. The standard InChI is InChI=1S/C22H33N3O6/c1-13-9-10-16(11-14(13)2)18(19(27)23-12-17(26)30-8)25(7)20(28)15(3)24-21(29)31-22(4,5)6/h9-11,15,18H,12H2,1-8H3,(H,23,27)(H,24,29). The lowest BCUT2D eigenvalue weighted by molar-refractivity contribution is -0.143. The molecule has 0 aliphatic heterocycles. The molecule has 0 bridgehead atoms. The van der Waals surface area contributed by atoms with Crippen LogP contribution in [0.5, 0.6) is 0 Å². The molecule has 172 valence electrons. The van der Waals surface area contributed by atoms with Crippen molar-refractivity contribution in [2.45, 2.75) is 59.2 Å². The lowest BCUT2D eigenvalue weighted by atomic mass is 9.99. The van der Waals surface area contributed by atoms with Crippen molar-refractivity contribution < 1.29 is 28.7 Å². The fraction of sp³-hybridized carbons (Fsp3) is 0.545. The van der Waals surface area contributed by atoms with Gasteiger partial charge in [0.15, 0.2) is 0 Å². The van der Waals surface area contributed by atoms with E-state index in [0.29, 0.717) is 5.56 Å². The zero-order valence-corrected chi connectivity index (χ0v) is 19.5. The average Bonchev–Trinajstić information content (AvgIpc) is 2.66. The molecule has 0 aromatic heterocycles. The molecule has 0 radical (unpaired) electrons. The molecule has 1 aromatic rings. The van der Waals surface area contributed by atoms with E-state index in [0.717, 1.165) is 11.1 Å². The van der Waals surface area contributed by atoms with Crippen LogP contribution in [0.2, 0.25) is 0 Å². The van der Waals surface area contributed by atoms with Gasteiger partial charge >= 0.3 is 12.1 Å². The van der Waals surface area contributed by atoms with Crippen molar-refractivity contribution in [3.63, 3.8) is 0 Å². The van der Waals surface area contributed by atoms with E-state index >= 15 is 0 Å². The van der Waals surface area contributed by atoms with Crippen molar-refractivity contribution in [2.75, 3.05) is 20.7 Å². The molecule has 2 N–H and O–H groups in total. The van der Waals surface area contributed by atoms with E-state index in [-0.39, 0.29) is 6.54 Å². The van der Waals surface area contributed by atoms with Gasteiger partial charge in [-0.15, -0.1) is 0 Å². The molecule has 31 heavy (non-hydrogen) atoms. The molecule has 0 spiro atoms. The number of hydrogen-bond donors (Lipinski definition) is 2. The van der Waals surface area contributed by atoms with Crippen molar-refractivity contribution in [3.05, 3.63) is 34.9 Å². The van der Waals surface area contributed by atoms with E-state index < -0.39 is 41.6 Å². The van der Waals surface area contributed by atoms with Crippen LogP contribution in [-0.2, 0) is 23.9 Å². The van der Waals surface area contributed by atoms with Gasteiger partial charge in [0.25, 0.3) is 0 Å². The van der Waals surface area contributed by atoms with E-state index in [9.17, 15) is 19.2 Å². The summed E-state index contributed by atoms with van der Waals surface area (Å²) in [5.74, 6) is -1.66. The number of alkyl carbamates (subject to hydrolysis) is 1. The number of likely N-dealkylation sites (N-methyl/N-ethyl adjacent to an activating group) is 1. The maximum Gasteiger partial charge on any atom is 0.408 e. The molecule has 2 unspecified atom stereocenters. The Kier molecular flexibility index (Phi) is 9.02. The van der Waals surface area contributed by atoms with Gasteiger partial charge in [-0.2, -0.15) is 0 Å². The lowest BCUT2D eigenvalue weighted by Gasteiger charge is -2.30. The predicted octanol–water partition coefficient (Wildman–Crippen LogP) is 2.01. The van der Waals surface area contributed by atoms with Gasteiger partial charge in [0.1, 0.15) is 24.2 Å². The lowest BCUT2D eigenvalue weighted by Crippen LogP contribution is -2.50. The number of nitrogens with one attached hydrogen (secondary N) is 2. The van der Waals surface area contributed by atoms with Crippen LogP contribution < -0.4 is 10.6 Å². The topological polar surface area (TPSA) is 114 Å². The minimum Gasteiger partial charge on any atom is -0.468 e. The molecule has 0 saturated heterocycles. The van der Waals surface area contributed by atoms with Crippen molar-refractivity contribution in [1.82, 2.24) is 15.5 Å². The maximum atomic E-state index is 13.0. The number of esters is 1. The van der Waals surface area contributed by atoms with Crippen LogP contribution >= 0.6 is 0 Å². The Bertz CT molecular complexity index is 831. The zero-order chi connectivity index (χ0) is 23.9. The summed E-state index contributed by atoms with van der Waals surface area (Å²) in [7, 11) is 2.68. The van der Waals surface area contributed by atoms with Crippen molar-refractivity contribution in [1.29, 1.82) is 0 Å². The summed E-state index contributed by atoms with van der Waals surface area (Å²) in [5.41, 5.74) is 1.84. The van der Waals surface area contributed by atoms with Gasteiger partial charge in [0.05, 0.1) is 7.11 Å². The number of rotatable bonds is 7. The molecule has 1 aromatic carbocycles. The smallest absolute Gasteiger partial charge is 0.408 e. The van der Waals surface area contributed by atoms with Gasteiger partial charge in [-0.3, -0.25) is 14.4 Å². The Morgan fingerprint density at radius 3 is 2.23 bits per heavy atom. The first kappa shape index (κ1) is 25.9. The molecule has 9 heteroatoms. The number of carbonyl (C=O) groups is 4. The van der Waals surface area contributed by atoms with Crippen LogP contribution in [0.3, 0.4) is 0 Å². The van der Waals surface area contributed by atoms with E-state index in [2.05, 4.69) is 15.4 Å². The van der Waals surface area contributed by atoms with E-state index in [1.807, 2.05) is 26.0 Å². The van der Waals surface area contributed by atoms with Crippen LogP contribution in [0.4, 0.5) is 4.79 Å². The highest BCUT2D eigenvalue weighted by atomic mass is 16.6. The van der Waals surface area contributed by atoms with Crippen LogP contribution in [-0.4, -0.2) is 61.1 Å². The van der Waals surface area contributed by atoms with Crippen molar-refractivity contribution >= 4 is 23.9 Å². The third kappa shape index (κ3) is 7.92. The SMILES string of the molecule is COC(=O)CNC(=O)C(c1ccc(C)c(C)c1)N(C)C(=O)C(C)NC(=O)OC(C)(C)C. The predicted molar refractivity (Wildman–Crippen MR) is 115 cm³/mol. The fourth-order valence-electron chi connectivity index (χ4n) is 2.79. The summed E-state index contributed by atoms with van der Waals surface area (Å²) >= 11 is 0. The Balaban J connectivity index is 3.11. The largest absolute Gasteiger partial charge is 0.468 e. The van der Waals surface area contributed by atoms with Crippen LogP contribution in [0, 0.1) is 13.8 Å². The zero-order valence-electron chi connectivity index (χ0n) is 19.5. The average molecular weight is 436 g/mol. The van der Waals surface area contributed by atoms with Crippen molar-refractivity contribution in [3.8, 4) is 0 Å². The molecule has 0 fully saturated rings. The van der Waals surface area contributed by atoms with Gasteiger partial charge in [0.2, 0.25) is 11.8 Å². The summed E-state index contributed by atoms with van der Waals surface area (Å²) in [4.78, 5) is 50.6. The van der Waals surface area contributed by atoms with Crippen LogP contribution in [0.1, 0.15) is 50.4 Å². The number of nitrogens with zero attached hydrogens (tertiary/aromatic N) is 1. The normalized spacial score (nSPS) is 12.9. The number of hydrogen-bond acceptors (Lipinski definition) is 6. The quantitative estimate of drug-likeness (QED) is 0.633. The second kappa shape index (κ2) is 10.8. The number of aryl methyl sites for hydroxylation is 2. The number of methoxy groups -OCH3 is 1. The first-order valence-corrected chi connectivity index (χ1v) is 9.94. The minimum atomic E-state index is -1.01. The number of carbonyl (C=O) groups excluding carboxylic acids is 4. The molecule has 0 aliphatic carbocycles. The summed E-state index contributed by atoms with van der Waals surface area (Å²) < 4.78 is 9.74. The number of benzene rings is 1. The first-order chi connectivity index (χ1) is 14.3.